The molecule has 0 radical (unpaired) electrons. The first kappa shape index (κ1) is 15.3. The molecule has 1 N–H and O–H groups in total. The van der Waals surface area contributed by atoms with Gasteiger partial charge in [-0.05, 0) is 38.5 Å². The lowest BCUT2D eigenvalue weighted by Crippen LogP contribution is -2.09. The van der Waals surface area contributed by atoms with Crippen LogP contribution in [0, 0.1) is 13.8 Å². The summed E-state index contributed by atoms with van der Waals surface area (Å²) in [7, 11) is 0. The molecule has 1 aromatic carbocycles. The van der Waals surface area contributed by atoms with Gasteiger partial charge in [-0.2, -0.15) is 10.1 Å². The molecule has 0 aliphatic heterocycles. The quantitative estimate of drug-likeness (QED) is 0.612. The normalized spacial score (nSPS) is 12.4. The van der Waals surface area contributed by atoms with Crippen molar-refractivity contribution < 1.29 is 4.52 Å². The molecule has 1 atom stereocenters. The minimum atomic E-state index is 0.0524. The fraction of sp³-hybridized carbons (Fsp3) is 0.235. The molecule has 0 bridgehead atoms. The number of nitrogens with one attached hydrogen (secondary N) is 1. The van der Waals surface area contributed by atoms with E-state index in [0.717, 1.165) is 28.1 Å². The van der Waals surface area contributed by atoms with E-state index in [0.29, 0.717) is 11.5 Å². The van der Waals surface area contributed by atoms with E-state index >= 15 is 0 Å². The first-order chi connectivity index (χ1) is 12.1. The van der Waals surface area contributed by atoms with Crippen molar-refractivity contribution in [2.24, 2.45) is 0 Å². The molecule has 8 heteroatoms. The molecule has 0 unspecified atom stereocenters. The average molecular weight is 335 g/mol. The summed E-state index contributed by atoms with van der Waals surface area (Å²) in [6.45, 7) is 5.80. The van der Waals surface area contributed by atoms with Gasteiger partial charge in [0.1, 0.15) is 29.7 Å². The largest absolute Gasteiger partial charge is 0.363 e. The lowest BCUT2D eigenvalue weighted by Gasteiger charge is -2.16. The van der Waals surface area contributed by atoms with E-state index in [9.17, 15) is 0 Å². The van der Waals surface area contributed by atoms with Crippen LogP contribution in [0.4, 0.5) is 5.82 Å². The van der Waals surface area contributed by atoms with Crippen LogP contribution in [0.1, 0.15) is 30.0 Å². The molecule has 3 heterocycles. The highest BCUT2D eigenvalue weighted by Crippen LogP contribution is 2.27. The molecule has 4 rings (SSSR count). The van der Waals surface area contributed by atoms with Crippen LogP contribution in [0.5, 0.6) is 0 Å². The molecule has 0 fully saturated rings. The second-order valence-corrected chi connectivity index (χ2v) is 5.87. The number of rotatable bonds is 4. The second-order valence-electron chi connectivity index (χ2n) is 5.87. The van der Waals surface area contributed by atoms with Gasteiger partial charge in [0.2, 0.25) is 0 Å². The van der Waals surface area contributed by atoms with Crippen molar-refractivity contribution >= 4 is 16.9 Å². The first-order valence-corrected chi connectivity index (χ1v) is 7.94. The number of anilines is 1. The molecule has 0 saturated heterocycles. The van der Waals surface area contributed by atoms with E-state index in [2.05, 4.69) is 49.6 Å². The Morgan fingerprint density at radius 1 is 1.12 bits per heavy atom. The fourth-order valence-corrected chi connectivity index (χ4v) is 2.75. The van der Waals surface area contributed by atoms with Gasteiger partial charge in [-0.15, -0.1) is 0 Å². The van der Waals surface area contributed by atoms with E-state index in [1.165, 1.54) is 6.33 Å². The van der Waals surface area contributed by atoms with Gasteiger partial charge in [-0.1, -0.05) is 17.3 Å². The molecule has 4 aromatic rings. The molecule has 126 valence electrons. The van der Waals surface area contributed by atoms with Crippen molar-refractivity contribution in [2.45, 2.75) is 26.8 Å². The SMILES string of the molecule is Cc1nc(N[C@@H](C)c2ccc(-n3cncn3)cc2)c2c(C)noc2n1. The number of nitrogens with zero attached hydrogens (tertiary/aromatic N) is 6. The van der Waals surface area contributed by atoms with Gasteiger partial charge in [0, 0.05) is 6.04 Å². The minimum absolute atomic E-state index is 0.0524. The Labute approximate surface area is 143 Å². The Bertz CT molecular complexity index is 1010. The summed E-state index contributed by atoms with van der Waals surface area (Å²) in [5, 5.41) is 12.4. The molecule has 25 heavy (non-hydrogen) atoms. The number of fused-ring (bicyclic) bond motifs is 1. The first-order valence-electron chi connectivity index (χ1n) is 7.94. The predicted octanol–water partition coefficient (Wildman–Crippen LogP) is 2.99. The second kappa shape index (κ2) is 5.97. The monoisotopic (exact) mass is 335 g/mol. The van der Waals surface area contributed by atoms with Crippen molar-refractivity contribution in [1.82, 2.24) is 29.9 Å². The zero-order valence-electron chi connectivity index (χ0n) is 14.1. The summed E-state index contributed by atoms with van der Waals surface area (Å²) in [5.41, 5.74) is 3.36. The molecule has 0 spiro atoms. The minimum Gasteiger partial charge on any atom is -0.363 e. The van der Waals surface area contributed by atoms with Gasteiger partial charge in [-0.3, -0.25) is 0 Å². The van der Waals surface area contributed by atoms with E-state index in [1.807, 2.05) is 26.0 Å². The summed E-state index contributed by atoms with van der Waals surface area (Å²) in [4.78, 5) is 12.8. The van der Waals surface area contributed by atoms with E-state index in [4.69, 9.17) is 4.52 Å². The van der Waals surface area contributed by atoms with Crippen molar-refractivity contribution in [3.05, 3.63) is 54.0 Å². The van der Waals surface area contributed by atoms with Crippen LogP contribution >= 0.6 is 0 Å². The van der Waals surface area contributed by atoms with Crippen LogP contribution in [0.25, 0.3) is 16.8 Å². The lowest BCUT2D eigenvalue weighted by molar-refractivity contribution is 0.442. The van der Waals surface area contributed by atoms with Gasteiger partial charge in [0.05, 0.1) is 11.4 Å². The maximum Gasteiger partial charge on any atom is 0.263 e. The summed E-state index contributed by atoms with van der Waals surface area (Å²) in [6, 6.07) is 8.18. The van der Waals surface area contributed by atoms with Crippen LogP contribution < -0.4 is 5.32 Å². The van der Waals surface area contributed by atoms with Gasteiger partial charge < -0.3 is 9.84 Å². The maximum atomic E-state index is 5.26. The maximum absolute atomic E-state index is 5.26. The average Bonchev–Trinajstić information content (AvgIpc) is 3.25. The summed E-state index contributed by atoms with van der Waals surface area (Å²) in [6.07, 6.45) is 3.19. The van der Waals surface area contributed by atoms with Crippen LogP contribution in [-0.4, -0.2) is 29.9 Å². The van der Waals surface area contributed by atoms with Crippen molar-refractivity contribution in [3.63, 3.8) is 0 Å². The third kappa shape index (κ3) is 2.82. The highest BCUT2D eigenvalue weighted by atomic mass is 16.5. The molecule has 8 nitrogen and oxygen atoms in total. The Hall–Kier alpha value is -3.29. The van der Waals surface area contributed by atoms with E-state index < -0.39 is 0 Å². The predicted molar refractivity (Wildman–Crippen MR) is 92.5 cm³/mol. The van der Waals surface area contributed by atoms with Gasteiger partial charge in [0.25, 0.3) is 5.71 Å². The Morgan fingerprint density at radius 2 is 1.92 bits per heavy atom. The smallest absolute Gasteiger partial charge is 0.263 e. The number of aryl methyl sites for hydroxylation is 2. The summed E-state index contributed by atoms with van der Waals surface area (Å²) >= 11 is 0. The Balaban J connectivity index is 1.62. The number of benzene rings is 1. The zero-order chi connectivity index (χ0) is 17.4. The highest BCUT2D eigenvalue weighted by molar-refractivity contribution is 5.87. The topological polar surface area (TPSA) is 94.6 Å². The molecule has 0 aliphatic rings. The van der Waals surface area contributed by atoms with Crippen molar-refractivity contribution in [3.8, 4) is 5.69 Å². The third-order valence-electron chi connectivity index (χ3n) is 4.05. The molecule has 3 aromatic heterocycles. The lowest BCUT2D eigenvalue weighted by atomic mass is 10.1. The van der Waals surface area contributed by atoms with Gasteiger partial charge in [0.15, 0.2) is 0 Å². The van der Waals surface area contributed by atoms with Crippen LogP contribution in [0.3, 0.4) is 0 Å². The van der Waals surface area contributed by atoms with E-state index in [-0.39, 0.29) is 6.04 Å². The van der Waals surface area contributed by atoms with Crippen molar-refractivity contribution in [2.75, 3.05) is 5.32 Å². The third-order valence-corrected chi connectivity index (χ3v) is 4.05. The summed E-state index contributed by atoms with van der Waals surface area (Å²) in [5.74, 6) is 1.37. The molecule has 0 aliphatic carbocycles. The standard InChI is InChI=1S/C17H17N7O/c1-10(13-4-6-14(7-5-13)24-9-18-8-19-24)20-16-15-11(2)23-25-17(15)22-12(3)21-16/h4-10H,1-3H3,(H,20,21,22)/t10-/m0/s1. The molecular weight excluding hydrogens is 318 g/mol. The van der Waals surface area contributed by atoms with Gasteiger partial charge >= 0.3 is 0 Å². The molecular formula is C17H17N7O. The Kier molecular flexibility index (Phi) is 3.64. The van der Waals surface area contributed by atoms with Crippen molar-refractivity contribution in [1.29, 1.82) is 0 Å². The van der Waals surface area contributed by atoms with Crippen LogP contribution in [-0.2, 0) is 0 Å². The van der Waals surface area contributed by atoms with Gasteiger partial charge in [-0.25, -0.2) is 14.6 Å². The number of hydrogen-bond donors (Lipinski definition) is 1. The van der Waals surface area contributed by atoms with Crippen LogP contribution in [0.15, 0.2) is 41.4 Å². The zero-order valence-corrected chi connectivity index (χ0v) is 14.1. The fourth-order valence-electron chi connectivity index (χ4n) is 2.75. The van der Waals surface area contributed by atoms with E-state index in [1.54, 1.807) is 11.0 Å². The number of aromatic nitrogens is 6. The Morgan fingerprint density at radius 3 is 2.64 bits per heavy atom. The molecule has 0 saturated carbocycles. The van der Waals surface area contributed by atoms with Crippen LogP contribution in [0.2, 0.25) is 0 Å². The highest BCUT2D eigenvalue weighted by Gasteiger charge is 2.16. The number of hydrogen-bond acceptors (Lipinski definition) is 7. The molecule has 0 amide bonds. The summed E-state index contributed by atoms with van der Waals surface area (Å²) < 4.78 is 6.98.